The molecule has 1 N–H and O–H groups in total. The number of hydrogen-bond donors (Lipinski definition) is 1. The Morgan fingerprint density at radius 3 is 2.23 bits per heavy atom. The fourth-order valence-electron chi connectivity index (χ4n) is 4.28. The van der Waals surface area contributed by atoms with Crippen LogP contribution in [0.15, 0.2) is 87.3 Å². The zero-order valence-electron chi connectivity index (χ0n) is 22.6. The Kier molecular flexibility index (Phi) is 8.42. The van der Waals surface area contributed by atoms with Gasteiger partial charge in [0.25, 0.3) is 15.9 Å². The van der Waals surface area contributed by atoms with Crippen LogP contribution in [0.2, 0.25) is 0 Å². The first kappa shape index (κ1) is 28.3. The van der Waals surface area contributed by atoms with Gasteiger partial charge in [-0.05, 0) is 100 Å². The maximum absolute atomic E-state index is 13.6. The third kappa shape index (κ3) is 6.32. The van der Waals surface area contributed by atoms with E-state index in [9.17, 15) is 13.2 Å². The molecule has 1 aromatic heterocycles. The summed E-state index contributed by atoms with van der Waals surface area (Å²) in [6, 6.07) is 21.9. The summed E-state index contributed by atoms with van der Waals surface area (Å²) in [4.78, 5) is 13.1. The van der Waals surface area contributed by atoms with Gasteiger partial charge in [0, 0.05) is 27.1 Å². The van der Waals surface area contributed by atoms with Crippen molar-refractivity contribution in [2.75, 3.05) is 10.8 Å². The number of halogens is 1. The van der Waals surface area contributed by atoms with Crippen LogP contribution in [0.4, 0.5) is 5.69 Å². The first-order valence-electron chi connectivity index (χ1n) is 12.4. The first-order chi connectivity index (χ1) is 18.5. The number of aryl methyl sites for hydroxylation is 4. The van der Waals surface area contributed by atoms with Gasteiger partial charge in [0.15, 0.2) is 0 Å². The summed E-state index contributed by atoms with van der Waals surface area (Å²) in [5.74, 6) is -0.554. The van der Waals surface area contributed by atoms with E-state index in [1.807, 2.05) is 71.0 Å². The molecule has 0 radical (unpaired) electrons. The third-order valence-corrected chi connectivity index (χ3v) is 8.94. The van der Waals surface area contributed by atoms with Gasteiger partial charge in [-0.25, -0.2) is 13.8 Å². The van der Waals surface area contributed by atoms with E-state index in [0.717, 1.165) is 48.1 Å². The van der Waals surface area contributed by atoms with Crippen molar-refractivity contribution in [2.24, 2.45) is 5.10 Å². The SMILES string of the molecule is Cc1ccc(S(=O)(=O)N(CC(=O)N/N=C\c2cc(C)n(-c3ccc(Br)cc3)c2C)c2ccc(C)c(C)c2)cc1. The van der Waals surface area contributed by atoms with Crippen molar-refractivity contribution in [1.29, 1.82) is 0 Å². The Balaban J connectivity index is 1.57. The molecular formula is C30H31BrN4O3S. The number of nitrogens with zero attached hydrogens (tertiary/aromatic N) is 3. The Morgan fingerprint density at radius 2 is 1.59 bits per heavy atom. The molecule has 0 saturated heterocycles. The number of hydrogen-bond acceptors (Lipinski definition) is 4. The van der Waals surface area contributed by atoms with Crippen molar-refractivity contribution < 1.29 is 13.2 Å². The minimum absolute atomic E-state index is 0.114. The second kappa shape index (κ2) is 11.6. The predicted molar refractivity (Wildman–Crippen MR) is 160 cm³/mol. The minimum atomic E-state index is -4.00. The van der Waals surface area contributed by atoms with Gasteiger partial charge in [-0.2, -0.15) is 5.10 Å². The molecule has 0 unspecified atom stereocenters. The number of benzene rings is 3. The molecule has 0 aliphatic heterocycles. The molecule has 0 aliphatic carbocycles. The van der Waals surface area contributed by atoms with Crippen molar-refractivity contribution in [3.63, 3.8) is 0 Å². The highest BCUT2D eigenvalue weighted by molar-refractivity contribution is 9.10. The van der Waals surface area contributed by atoms with E-state index in [0.29, 0.717) is 5.69 Å². The molecule has 4 aromatic rings. The number of hydrazone groups is 1. The van der Waals surface area contributed by atoms with Crippen LogP contribution in [0, 0.1) is 34.6 Å². The molecule has 3 aromatic carbocycles. The lowest BCUT2D eigenvalue weighted by Crippen LogP contribution is -2.39. The van der Waals surface area contributed by atoms with Crippen molar-refractivity contribution in [2.45, 2.75) is 39.5 Å². The number of sulfonamides is 1. The summed E-state index contributed by atoms with van der Waals surface area (Å²) < 4.78 is 31.4. The van der Waals surface area contributed by atoms with Crippen molar-refractivity contribution in [3.8, 4) is 5.69 Å². The molecule has 0 bridgehead atoms. The summed E-state index contributed by atoms with van der Waals surface area (Å²) in [5, 5.41) is 4.14. The quantitative estimate of drug-likeness (QED) is 0.193. The molecule has 0 spiro atoms. The summed E-state index contributed by atoms with van der Waals surface area (Å²) in [6.45, 7) is 9.31. The second-order valence-corrected chi connectivity index (χ2v) is 12.3. The number of carbonyl (C=O) groups excluding carboxylic acids is 1. The van der Waals surface area contributed by atoms with E-state index in [4.69, 9.17) is 0 Å². The highest BCUT2D eigenvalue weighted by atomic mass is 79.9. The molecule has 0 aliphatic rings. The first-order valence-corrected chi connectivity index (χ1v) is 14.6. The topological polar surface area (TPSA) is 83.8 Å². The van der Waals surface area contributed by atoms with Crippen LogP contribution in [0.25, 0.3) is 5.69 Å². The van der Waals surface area contributed by atoms with Gasteiger partial charge in [-0.1, -0.05) is 39.7 Å². The van der Waals surface area contributed by atoms with Gasteiger partial charge in [0.1, 0.15) is 6.54 Å². The van der Waals surface area contributed by atoms with Crippen molar-refractivity contribution in [1.82, 2.24) is 9.99 Å². The van der Waals surface area contributed by atoms with E-state index >= 15 is 0 Å². The molecular weight excluding hydrogens is 576 g/mol. The number of aromatic nitrogens is 1. The largest absolute Gasteiger partial charge is 0.318 e. The lowest BCUT2D eigenvalue weighted by atomic mass is 10.1. The standard InChI is InChI=1S/C30H31BrN4O3S/c1-20-6-14-29(15-7-20)39(37,38)34(28-11-8-21(2)22(3)16-28)19-30(36)33-32-18-25-17-23(4)35(24(25)5)27-12-9-26(31)10-13-27/h6-18H,19H2,1-5H3,(H,33,36)/b32-18-. The summed E-state index contributed by atoms with van der Waals surface area (Å²) in [5.41, 5.74) is 9.66. The number of anilines is 1. The van der Waals surface area contributed by atoms with E-state index in [1.165, 1.54) is 0 Å². The second-order valence-electron chi connectivity index (χ2n) is 9.52. The van der Waals surface area contributed by atoms with E-state index < -0.39 is 22.5 Å². The predicted octanol–water partition coefficient (Wildman–Crippen LogP) is 6.13. The average molecular weight is 608 g/mol. The van der Waals surface area contributed by atoms with Crippen LogP contribution in [0.1, 0.15) is 33.6 Å². The third-order valence-electron chi connectivity index (χ3n) is 6.62. The van der Waals surface area contributed by atoms with Crippen LogP contribution >= 0.6 is 15.9 Å². The van der Waals surface area contributed by atoms with Crippen molar-refractivity contribution in [3.05, 3.63) is 111 Å². The Morgan fingerprint density at radius 1 is 0.923 bits per heavy atom. The number of carbonyl (C=O) groups is 1. The number of amides is 1. The Hall–Kier alpha value is -3.69. The molecule has 202 valence electrons. The van der Waals surface area contributed by atoms with Crippen LogP contribution in [0.5, 0.6) is 0 Å². The zero-order chi connectivity index (χ0) is 28.3. The van der Waals surface area contributed by atoms with Crippen LogP contribution in [0.3, 0.4) is 0 Å². The van der Waals surface area contributed by atoms with Gasteiger partial charge in [0.2, 0.25) is 0 Å². The highest BCUT2D eigenvalue weighted by Gasteiger charge is 2.27. The lowest BCUT2D eigenvalue weighted by molar-refractivity contribution is -0.119. The Bertz CT molecular complexity index is 1640. The van der Waals surface area contributed by atoms with E-state index in [2.05, 4.69) is 31.0 Å². The maximum atomic E-state index is 13.6. The molecule has 7 nitrogen and oxygen atoms in total. The molecule has 39 heavy (non-hydrogen) atoms. The van der Waals surface area contributed by atoms with Gasteiger partial charge in [-0.15, -0.1) is 0 Å². The monoisotopic (exact) mass is 606 g/mol. The van der Waals surface area contributed by atoms with Crippen LogP contribution in [-0.4, -0.2) is 31.7 Å². The fourth-order valence-corrected chi connectivity index (χ4v) is 5.96. The maximum Gasteiger partial charge on any atom is 0.264 e. The van der Waals surface area contributed by atoms with Crippen molar-refractivity contribution >= 4 is 43.8 Å². The summed E-state index contributed by atoms with van der Waals surface area (Å²) in [6.07, 6.45) is 1.57. The normalized spacial score (nSPS) is 11.6. The highest BCUT2D eigenvalue weighted by Crippen LogP contribution is 2.26. The lowest BCUT2D eigenvalue weighted by Gasteiger charge is -2.24. The molecule has 0 saturated carbocycles. The van der Waals surface area contributed by atoms with Crippen LogP contribution < -0.4 is 9.73 Å². The zero-order valence-corrected chi connectivity index (χ0v) is 25.0. The number of rotatable bonds is 8. The van der Waals surface area contributed by atoms with Gasteiger partial charge in [-0.3, -0.25) is 9.10 Å². The molecule has 9 heteroatoms. The molecule has 1 amide bonds. The molecule has 0 fully saturated rings. The molecule has 1 heterocycles. The van der Waals surface area contributed by atoms with Gasteiger partial charge >= 0.3 is 0 Å². The average Bonchev–Trinajstić information content (AvgIpc) is 3.17. The Labute approximate surface area is 238 Å². The summed E-state index contributed by atoms with van der Waals surface area (Å²) >= 11 is 3.46. The summed E-state index contributed by atoms with van der Waals surface area (Å²) in [7, 11) is -4.00. The number of nitrogens with one attached hydrogen (secondary N) is 1. The van der Waals surface area contributed by atoms with Gasteiger partial charge < -0.3 is 4.57 Å². The van der Waals surface area contributed by atoms with E-state index in [-0.39, 0.29) is 4.90 Å². The van der Waals surface area contributed by atoms with Gasteiger partial charge in [0.05, 0.1) is 16.8 Å². The van der Waals surface area contributed by atoms with E-state index in [1.54, 1.807) is 42.6 Å². The van der Waals surface area contributed by atoms with Crippen LogP contribution in [-0.2, 0) is 14.8 Å². The fraction of sp³-hybridized carbons (Fsp3) is 0.200. The smallest absolute Gasteiger partial charge is 0.264 e. The molecule has 4 rings (SSSR count). The molecule has 0 atom stereocenters. The minimum Gasteiger partial charge on any atom is -0.318 e.